The van der Waals surface area contributed by atoms with E-state index in [4.69, 9.17) is 14.2 Å². The fraction of sp³-hybridized carbons (Fsp3) is 0.286. The van der Waals surface area contributed by atoms with Gasteiger partial charge in [0.2, 0.25) is 0 Å². The lowest BCUT2D eigenvalue weighted by molar-refractivity contribution is -0.145. The third kappa shape index (κ3) is 4.78. The highest BCUT2D eigenvalue weighted by Crippen LogP contribution is 2.20. The van der Waals surface area contributed by atoms with Crippen LogP contribution in [0.2, 0.25) is 0 Å². The van der Waals surface area contributed by atoms with Gasteiger partial charge in [-0.1, -0.05) is 60.7 Å². The molecule has 130 valence electrons. The van der Waals surface area contributed by atoms with Gasteiger partial charge in [-0.3, -0.25) is 4.79 Å². The Balaban J connectivity index is 1.58. The summed E-state index contributed by atoms with van der Waals surface area (Å²) in [4.78, 5) is 12.5. The van der Waals surface area contributed by atoms with Gasteiger partial charge in [0.25, 0.3) is 0 Å². The number of ketones is 1. The van der Waals surface area contributed by atoms with Crippen molar-refractivity contribution in [2.45, 2.75) is 32.3 Å². The maximum Gasteiger partial charge on any atom is 0.194 e. The van der Waals surface area contributed by atoms with E-state index >= 15 is 0 Å². The molecule has 0 unspecified atom stereocenters. The average Bonchev–Trinajstić information content (AvgIpc) is 2.66. The van der Waals surface area contributed by atoms with E-state index in [1.807, 2.05) is 60.7 Å². The van der Waals surface area contributed by atoms with Crippen LogP contribution in [0, 0.1) is 0 Å². The summed E-state index contributed by atoms with van der Waals surface area (Å²) in [6, 6.07) is 19.7. The van der Waals surface area contributed by atoms with Crippen molar-refractivity contribution in [3.05, 3.63) is 83.6 Å². The second kappa shape index (κ2) is 8.60. The number of benzene rings is 2. The monoisotopic (exact) mass is 338 g/mol. The first-order valence-corrected chi connectivity index (χ1v) is 8.37. The molecule has 0 fully saturated rings. The number of Topliss-reactive ketones (excluding diaryl/α,β-unsaturated/α-hetero) is 1. The van der Waals surface area contributed by atoms with Crippen molar-refractivity contribution in [1.82, 2.24) is 0 Å². The van der Waals surface area contributed by atoms with E-state index < -0.39 is 12.2 Å². The first kappa shape index (κ1) is 17.4. The summed E-state index contributed by atoms with van der Waals surface area (Å²) in [6.07, 6.45) is 0.408. The Hall–Kier alpha value is -2.43. The first-order valence-electron chi connectivity index (χ1n) is 8.37. The van der Waals surface area contributed by atoms with Crippen LogP contribution in [0.1, 0.15) is 18.1 Å². The summed E-state index contributed by atoms with van der Waals surface area (Å²) in [5.41, 5.74) is 2.67. The molecule has 1 aliphatic heterocycles. The Morgan fingerprint density at radius 1 is 0.920 bits per heavy atom. The zero-order valence-corrected chi connectivity index (χ0v) is 14.3. The first-order chi connectivity index (χ1) is 12.2. The fourth-order valence-electron chi connectivity index (χ4n) is 2.65. The van der Waals surface area contributed by atoms with E-state index in [9.17, 15) is 4.79 Å². The van der Waals surface area contributed by atoms with Gasteiger partial charge in [0.05, 0.1) is 26.1 Å². The molecule has 2 aromatic carbocycles. The summed E-state index contributed by atoms with van der Waals surface area (Å²) in [7, 11) is 0. The van der Waals surface area contributed by atoms with Crippen molar-refractivity contribution in [1.29, 1.82) is 0 Å². The molecular formula is C21H22O4. The predicted molar refractivity (Wildman–Crippen MR) is 94.8 cm³/mol. The Morgan fingerprint density at radius 2 is 1.52 bits per heavy atom. The molecule has 0 amide bonds. The number of hydrogen-bond acceptors (Lipinski definition) is 4. The molecule has 4 nitrogen and oxygen atoms in total. The standard InChI is InChI=1S/C21H22O4/c1-16-12-24-19(15-23-13-17-8-4-2-5-9-17)21(20(16)22)25-14-18-10-6-3-7-11-18/h2-12,19,21H,13-15H2,1H3/t19-,21+/m1/s1. The molecule has 1 heterocycles. The molecule has 3 rings (SSSR count). The summed E-state index contributed by atoms with van der Waals surface area (Å²) < 4.78 is 17.3. The molecule has 0 aliphatic carbocycles. The highest BCUT2D eigenvalue weighted by atomic mass is 16.6. The fourth-order valence-corrected chi connectivity index (χ4v) is 2.65. The normalized spacial score (nSPS) is 20.0. The van der Waals surface area contributed by atoms with Crippen LogP contribution in [0.4, 0.5) is 0 Å². The third-order valence-electron chi connectivity index (χ3n) is 4.07. The van der Waals surface area contributed by atoms with Crippen molar-refractivity contribution in [3.8, 4) is 0 Å². The Kier molecular flexibility index (Phi) is 5.99. The summed E-state index contributed by atoms with van der Waals surface area (Å²) in [5, 5.41) is 0. The minimum atomic E-state index is -0.652. The molecule has 0 N–H and O–H groups in total. The van der Waals surface area contributed by atoms with Gasteiger partial charge in [-0.05, 0) is 18.1 Å². The summed E-state index contributed by atoms with van der Waals surface area (Å²) >= 11 is 0. The van der Waals surface area contributed by atoms with E-state index in [0.29, 0.717) is 25.4 Å². The lowest BCUT2D eigenvalue weighted by atomic mass is 10.0. The SMILES string of the molecule is CC1=CO[C@H](COCc2ccccc2)[C@H](OCc2ccccc2)C1=O. The van der Waals surface area contributed by atoms with Gasteiger partial charge < -0.3 is 14.2 Å². The van der Waals surface area contributed by atoms with Crippen LogP contribution in [0.5, 0.6) is 0 Å². The maximum absolute atomic E-state index is 12.5. The van der Waals surface area contributed by atoms with Crippen LogP contribution >= 0.6 is 0 Å². The molecule has 0 radical (unpaired) electrons. The molecule has 0 spiro atoms. The second-order valence-electron chi connectivity index (χ2n) is 6.06. The lowest BCUT2D eigenvalue weighted by Gasteiger charge is -2.29. The van der Waals surface area contributed by atoms with Crippen LogP contribution in [-0.4, -0.2) is 24.6 Å². The minimum Gasteiger partial charge on any atom is -0.492 e. The Morgan fingerprint density at radius 3 is 2.16 bits per heavy atom. The number of carbonyl (C=O) groups excluding carboxylic acids is 1. The molecule has 1 aliphatic rings. The molecule has 2 aromatic rings. The van der Waals surface area contributed by atoms with Gasteiger partial charge in [0, 0.05) is 5.57 Å². The van der Waals surface area contributed by atoms with Crippen LogP contribution in [0.15, 0.2) is 72.5 Å². The smallest absolute Gasteiger partial charge is 0.194 e. The van der Waals surface area contributed by atoms with Crippen LogP contribution < -0.4 is 0 Å². The van der Waals surface area contributed by atoms with Crippen molar-refractivity contribution in [3.63, 3.8) is 0 Å². The van der Waals surface area contributed by atoms with Crippen LogP contribution in [-0.2, 0) is 32.2 Å². The molecular weight excluding hydrogens is 316 g/mol. The zero-order valence-electron chi connectivity index (χ0n) is 14.3. The van der Waals surface area contributed by atoms with Crippen LogP contribution in [0.3, 0.4) is 0 Å². The van der Waals surface area contributed by atoms with Crippen molar-refractivity contribution < 1.29 is 19.0 Å². The highest BCUT2D eigenvalue weighted by Gasteiger charge is 2.34. The topological polar surface area (TPSA) is 44.8 Å². The molecule has 0 saturated carbocycles. The van der Waals surface area contributed by atoms with Gasteiger partial charge in [-0.25, -0.2) is 0 Å². The Labute approximate surface area is 148 Å². The average molecular weight is 338 g/mol. The van der Waals surface area contributed by atoms with Gasteiger partial charge in [0.15, 0.2) is 18.0 Å². The molecule has 0 aromatic heterocycles. The highest BCUT2D eigenvalue weighted by molar-refractivity contribution is 5.99. The van der Waals surface area contributed by atoms with Crippen molar-refractivity contribution in [2.75, 3.05) is 6.61 Å². The molecule has 0 saturated heterocycles. The van der Waals surface area contributed by atoms with Crippen LogP contribution in [0.25, 0.3) is 0 Å². The number of rotatable bonds is 7. The molecule has 2 atom stereocenters. The number of carbonyl (C=O) groups is 1. The quantitative estimate of drug-likeness (QED) is 0.773. The van der Waals surface area contributed by atoms with Gasteiger partial charge in [-0.15, -0.1) is 0 Å². The molecule has 25 heavy (non-hydrogen) atoms. The Bertz CT molecular complexity index is 709. The molecule has 4 heteroatoms. The largest absolute Gasteiger partial charge is 0.492 e. The van der Waals surface area contributed by atoms with E-state index in [1.165, 1.54) is 6.26 Å². The third-order valence-corrected chi connectivity index (χ3v) is 4.07. The zero-order chi connectivity index (χ0) is 17.5. The van der Waals surface area contributed by atoms with E-state index in [-0.39, 0.29) is 5.78 Å². The van der Waals surface area contributed by atoms with E-state index in [1.54, 1.807) is 6.92 Å². The minimum absolute atomic E-state index is 0.0458. The van der Waals surface area contributed by atoms with Crippen molar-refractivity contribution in [2.24, 2.45) is 0 Å². The summed E-state index contributed by atoms with van der Waals surface area (Å²) in [6.45, 7) is 2.87. The van der Waals surface area contributed by atoms with E-state index in [0.717, 1.165) is 11.1 Å². The number of ether oxygens (including phenoxy) is 3. The maximum atomic E-state index is 12.5. The lowest BCUT2D eigenvalue weighted by Crippen LogP contribution is -2.43. The van der Waals surface area contributed by atoms with Crippen molar-refractivity contribution >= 4 is 5.78 Å². The van der Waals surface area contributed by atoms with Gasteiger partial charge >= 0.3 is 0 Å². The van der Waals surface area contributed by atoms with E-state index in [2.05, 4.69) is 0 Å². The number of hydrogen-bond donors (Lipinski definition) is 0. The predicted octanol–water partition coefficient (Wildman–Crippen LogP) is 3.66. The second-order valence-corrected chi connectivity index (χ2v) is 6.06. The molecule has 0 bridgehead atoms. The van der Waals surface area contributed by atoms with Gasteiger partial charge in [0.1, 0.15) is 0 Å². The summed E-state index contributed by atoms with van der Waals surface area (Å²) in [5.74, 6) is -0.0458. The van der Waals surface area contributed by atoms with Gasteiger partial charge in [-0.2, -0.15) is 0 Å².